The first kappa shape index (κ1) is 19.2. The van der Waals surface area contributed by atoms with Crippen LogP contribution in [0, 0.1) is 0 Å². The zero-order valence-electron chi connectivity index (χ0n) is 11.5. The smallest absolute Gasteiger partial charge is 0.336 e. The van der Waals surface area contributed by atoms with Gasteiger partial charge in [0.1, 0.15) is 0 Å². The molecule has 122 valence electrons. The van der Waals surface area contributed by atoms with E-state index in [0.29, 0.717) is 0 Å². The van der Waals surface area contributed by atoms with Crippen molar-refractivity contribution in [1.82, 2.24) is 5.06 Å². The fourth-order valence-electron chi connectivity index (χ4n) is 1.37. The van der Waals surface area contributed by atoms with Crippen LogP contribution in [0.2, 0.25) is 0 Å². The second kappa shape index (κ2) is 9.23. The molecule has 0 bridgehead atoms. The van der Waals surface area contributed by atoms with E-state index in [1.165, 1.54) is 0 Å². The van der Waals surface area contributed by atoms with Crippen LogP contribution < -0.4 is 0 Å². The molecule has 0 heterocycles. The van der Waals surface area contributed by atoms with Gasteiger partial charge < -0.3 is 30.0 Å². The first-order valence-electron chi connectivity index (χ1n) is 5.99. The quantitative estimate of drug-likeness (QED) is 0.251. The number of methoxy groups -OCH3 is 1. The molecule has 0 aliphatic rings. The summed E-state index contributed by atoms with van der Waals surface area (Å²) in [5, 5.41) is 37.1. The highest BCUT2D eigenvalue weighted by atomic mass is 16.7. The van der Waals surface area contributed by atoms with Crippen LogP contribution >= 0.6 is 0 Å². The number of carboxylic acid groups (broad SMARTS) is 1. The van der Waals surface area contributed by atoms with E-state index in [9.17, 15) is 19.5 Å². The first-order chi connectivity index (χ1) is 9.78. The summed E-state index contributed by atoms with van der Waals surface area (Å²) < 4.78 is 4.24. The number of hydrogen-bond acceptors (Lipinski definition) is 9. The van der Waals surface area contributed by atoms with Gasteiger partial charge in [0.05, 0.1) is 46.3 Å². The topological polar surface area (TPSA) is 154 Å². The first-order valence-corrected chi connectivity index (χ1v) is 5.99. The fourth-order valence-corrected chi connectivity index (χ4v) is 1.37. The van der Waals surface area contributed by atoms with Crippen LogP contribution in [0.5, 0.6) is 0 Å². The maximum absolute atomic E-state index is 11.6. The Morgan fingerprint density at radius 3 is 1.90 bits per heavy atom. The Balaban J connectivity index is 4.73. The van der Waals surface area contributed by atoms with Crippen molar-refractivity contribution in [3.63, 3.8) is 0 Å². The molecule has 21 heavy (non-hydrogen) atoms. The van der Waals surface area contributed by atoms with E-state index in [4.69, 9.17) is 20.2 Å². The minimum atomic E-state index is -2.66. The Labute approximate surface area is 120 Å². The summed E-state index contributed by atoms with van der Waals surface area (Å²) >= 11 is 0. The van der Waals surface area contributed by atoms with Gasteiger partial charge in [-0.05, 0) is 0 Å². The maximum Gasteiger partial charge on any atom is 0.336 e. The number of carboxylic acids is 1. The van der Waals surface area contributed by atoms with Gasteiger partial charge in [0.15, 0.2) is 5.60 Å². The Kier molecular flexibility index (Phi) is 8.47. The Morgan fingerprint density at radius 2 is 1.52 bits per heavy atom. The summed E-state index contributed by atoms with van der Waals surface area (Å²) in [6, 6.07) is 0. The predicted octanol–water partition coefficient (Wildman–Crippen LogP) is -2.50. The summed E-state index contributed by atoms with van der Waals surface area (Å²) in [6.07, 6.45) is -1.92. The standard InChI is InChI=1S/C11H19NO9/c1-20-8(15)6-11(19,10(17)18)7-9(16)21-12(2-4-13)3-5-14/h13-14,19H,2-7H2,1H3,(H,17,18). The van der Waals surface area contributed by atoms with Crippen molar-refractivity contribution in [3.05, 3.63) is 0 Å². The lowest BCUT2D eigenvalue weighted by atomic mass is 9.96. The van der Waals surface area contributed by atoms with Gasteiger partial charge in [-0.2, -0.15) is 0 Å². The number of carbonyl (C=O) groups is 3. The van der Waals surface area contributed by atoms with E-state index in [1.807, 2.05) is 0 Å². The zero-order chi connectivity index (χ0) is 16.5. The fraction of sp³-hybridized carbons (Fsp3) is 0.727. The molecule has 0 aromatic heterocycles. The van der Waals surface area contributed by atoms with Gasteiger partial charge in [0.2, 0.25) is 0 Å². The molecule has 0 radical (unpaired) electrons. The number of aliphatic hydroxyl groups is 3. The molecule has 10 nitrogen and oxygen atoms in total. The van der Waals surface area contributed by atoms with E-state index in [2.05, 4.69) is 4.74 Å². The maximum atomic E-state index is 11.6. The lowest BCUT2D eigenvalue weighted by Crippen LogP contribution is -2.44. The molecule has 0 aromatic carbocycles. The Hall–Kier alpha value is -1.75. The molecule has 10 heteroatoms. The number of carbonyl (C=O) groups excluding carboxylic acids is 2. The van der Waals surface area contributed by atoms with Crippen LogP contribution in [-0.2, 0) is 24.0 Å². The molecule has 0 fully saturated rings. The van der Waals surface area contributed by atoms with Gasteiger partial charge in [0.25, 0.3) is 0 Å². The predicted molar refractivity (Wildman–Crippen MR) is 65.7 cm³/mol. The second-order valence-corrected chi connectivity index (χ2v) is 4.11. The van der Waals surface area contributed by atoms with Crippen LogP contribution in [-0.4, -0.2) is 82.4 Å². The van der Waals surface area contributed by atoms with E-state index < -0.39 is 36.4 Å². The minimum absolute atomic E-state index is 0.102. The molecule has 0 aromatic rings. The van der Waals surface area contributed by atoms with Crippen LogP contribution in [0.15, 0.2) is 0 Å². The van der Waals surface area contributed by atoms with Crippen LogP contribution in [0.1, 0.15) is 12.8 Å². The van der Waals surface area contributed by atoms with Gasteiger partial charge in [-0.1, -0.05) is 0 Å². The Bertz CT molecular complexity index is 367. The highest BCUT2D eigenvalue weighted by molar-refractivity contribution is 5.88. The van der Waals surface area contributed by atoms with Crippen molar-refractivity contribution in [3.8, 4) is 0 Å². The van der Waals surface area contributed by atoms with Gasteiger partial charge in [-0.15, -0.1) is 5.06 Å². The molecule has 0 aliphatic heterocycles. The number of aliphatic carboxylic acids is 1. The van der Waals surface area contributed by atoms with Gasteiger partial charge >= 0.3 is 17.9 Å². The molecule has 1 atom stereocenters. The molecular formula is C11H19NO9. The summed E-state index contributed by atoms with van der Waals surface area (Å²) in [6.45, 7) is -0.930. The zero-order valence-corrected chi connectivity index (χ0v) is 11.5. The number of hydrogen-bond donors (Lipinski definition) is 4. The van der Waals surface area contributed by atoms with E-state index in [1.54, 1.807) is 0 Å². The second-order valence-electron chi connectivity index (χ2n) is 4.11. The number of nitrogens with zero attached hydrogens (tertiary/aromatic N) is 1. The van der Waals surface area contributed by atoms with Crippen molar-refractivity contribution in [2.24, 2.45) is 0 Å². The van der Waals surface area contributed by atoms with Gasteiger partial charge in [0, 0.05) is 0 Å². The third-order valence-electron chi connectivity index (χ3n) is 2.43. The van der Waals surface area contributed by atoms with Crippen molar-refractivity contribution < 1.29 is 44.4 Å². The van der Waals surface area contributed by atoms with Crippen molar-refractivity contribution in [1.29, 1.82) is 0 Å². The molecule has 0 amide bonds. The third kappa shape index (κ3) is 6.99. The minimum Gasteiger partial charge on any atom is -0.479 e. The highest BCUT2D eigenvalue weighted by Gasteiger charge is 2.42. The molecule has 4 N–H and O–H groups in total. The van der Waals surface area contributed by atoms with E-state index >= 15 is 0 Å². The normalized spacial score (nSPS) is 13.6. The van der Waals surface area contributed by atoms with Crippen LogP contribution in [0.25, 0.3) is 0 Å². The summed E-state index contributed by atoms with van der Waals surface area (Å²) in [7, 11) is 1.01. The van der Waals surface area contributed by atoms with Crippen molar-refractivity contribution >= 4 is 17.9 Å². The SMILES string of the molecule is COC(=O)CC(O)(CC(=O)ON(CCO)CCO)C(=O)O. The largest absolute Gasteiger partial charge is 0.479 e. The lowest BCUT2D eigenvalue weighted by molar-refractivity contribution is -0.202. The molecule has 1 unspecified atom stereocenters. The van der Waals surface area contributed by atoms with Crippen molar-refractivity contribution in [2.75, 3.05) is 33.4 Å². The number of aliphatic hydroxyl groups excluding tert-OH is 2. The molecular weight excluding hydrogens is 290 g/mol. The van der Waals surface area contributed by atoms with Crippen LogP contribution in [0.3, 0.4) is 0 Å². The van der Waals surface area contributed by atoms with E-state index in [-0.39, 0.29) is 26.3 Å². The summed E-state index contributed by atoms with van der Waals surface area (Å²) in [5.74, 6) is -3.92. The molecule has 0 aliphatic carbocycles. The molecule has 0 spiro atoms. The molecule has 0 saturated heterocycles. The lowest BCUT2D eigenvalue weighted by Gasteiger charge is -2.24. The number of esters is 1. The van der Waals surface area contributed by atoms with Crippen molar-refractivity contribution in [2.45, 2.75) is 18.4 Å². The van der Waals surface area contributed by atoms with E-state index in [0.717, 1.165) is 12.2 Å². The Morgan fingerprint density at radius 1 is 1.05 bits per heavy atom. The number of hydroxylamine groups is 2. The van der Waals surface area contributed by atoms with Gasteiger partial charge in [-0.25, -0.2) is 4.79 Å². The van der Waals surface area contributed by atoms with Gasteiger partial charge in [-0.3, -0.25) is 9.59 Å². The molecule has 0 saturated carbocycles. The monoisotopic (exact) mass is 309 g/mol. The third-order valence-corrected chi connectivity index (χ3v) is 2.43. The molecule has 0 rings (SSSR count). The van der Waals surface area contributed by atoms with Crippen LogP contribution in [0.4, 0.5) is 0 Å². The highest BCUT2D eigenvalue weighted by Crippen LogP contribution is 2.18. The summed E-state index contributed by atoms with van der Waals surface area (Å²) in [5.41, 5.74) is -2.66. The number of ether oxygens (including phenoxy) is 1. The number of rotatable bonds is 10. The summed E-state index contributed by atoms with van der Waals surface area (Å²) in [4.78, 5) is 38.3. The average molecular weight is 309 g/mol. The average Bonchev–Trinajstić information content (AvgIpc) is 2.38.